The van der Waals surface area contributed by atoms with Crippen molar-refractivity contribution in [3.63, 3.8) is 0 Å². The van der Waals surface area contributed by atoms with Crippen LogP contribution in [0.3, 0.4) is 0 Å². The van der Waals surface area contributed by atoms with Gasteiger partial charge < -0.3 is 15.0 Å². The van der Waals surface area contributed by atoms with E-state index in [0.29, 0.717) is 23.9 Å². The number of hydrogen-bond acceptors (Lipinski definition) is 6. The van der Waals surface area contributed by atoms with Crippen LogP contribution in [0, 0.1) is 5.92 Å². The molecule has 1 aliphatic heterocycles. The molecule has 1 aromatic heterocycles. The van der Waals surface area contributed by atoms with Crippen LogP contribution >= 0.6 is 0 Å². The number of ether oxygens (including phenoxy) is 1. The highest BCUT2D eigenvalue weighted by Crippen LogP contribution is 2.29. The number of amides is 1. The average molecular weight is 517 g/mol. The van der Waals surface area contributed by atoms with Crippen LogP contribution in [0.25, 0.3) is 11.3 Å². The van der Waals surface area contributed by atoms with E-state index in [9.17, 15) is 13.2 Å². The van der Waals surface area contributed by atoms with Crippen molar-refractivity contribution in [3.05, 3.63) is 97.0 Å². The Labute approximate surface area is 216 Å². The number of rotatable bonds is 8. The van der Waals surface area contributed by atoms with Crippen molar-refractivity contribution in [2.24, 2.45) is 5.92 Å². The van der Waals surface area contributed by atoms with Crippen LogP contribution in [0.5, 0.6) is 5.75 Å². The SMILES string of the molecule is CS(=O)(=O)c1ccc(COc2ccccc2-c2cn(C(=O)NCC3CN(c4ccccc4)C3)cn2)cc1. The lowest BCUT2D eigenvalue weighted by Gasteiger charge is -2.41. The fraction of sp³-hybridized carbons (Fsp3) is 0.214. The maximum absolute atomic E-state index is 12.7. The van der Waals surface area contributed by atoms with Crippen LogP contribution in [0.15, 0.2) is 96.3 Å². The fourth-order valence-electron chi connectivity index (χ4n) is 4.24. The van der Waals surface area contributed by atoms with Crippen LogP contribution < -0.4 is 15.0 Å². The van der Waals surface area contributed by atoms with Gasteiger partial charge >= 0.3 is 6.03 Å². The Hall–Kier alpha value is -4.11. The van der Waals surface area contributed by atoms with Crippen molar-refractivity contribution >= 4 is 21.6 Å². The van der Waals surface area contributed by atoms with Gasteiger partial charge in [0.1, 0.15) is 18.7 Å². The largest absolute Gasteiger partial charge is 0.488 e. The summed E-state index contributed by atoms with van der Waals surface area (Å²) in [7, 11) is -3.24. The third-order valence-electron chi connectivity index (χ3n) is 6.35. The second kappa shape index (κ2) is 10.5. The Morgan fingerprint density at radius 3 is 2.43 bits per heavy atom. The Kier molecular flexibility index (Phi) is 6.96. The minimum Gasteiger partial charge on any atom is -0.488 e. The molecular weight excluding hydrogens is 488 g/mol. The van der Waals surface area contributed by atoms with Crippen LogP contribution in [-0.2, 0) is 16.4 Å². The fourth-order valence-corrected chi connectivity index (χ4v) is 4.87. The molecule has 9 heteroatoms. The van der Waals surface area contributed by atoms with Gasteiger partial charge in [-0.25, -0.2) is 18.2 Å². The summed E-state index contributed by atoms with van der Waals surface area (Å²) in [6, 6.07) is 24.1. The highest BCUT2D eigenvalue weighted by molar-refractivity contribution is 7.90. The van der Waals surface area contributed by atoms with Crippen LogP contribution in [0.4, 0.5) is 10.5 Å². The first kappa shape index (κ1) is 24.6. The molecule has 4 aromatic rings. The van der Waals surface area contributed by atoms with Crippen molar-refractivity contribution in [1.29, 1.82) is 0 Å². The highest BCUT2D eigenvalue weighted by Gasteiger charge is 2.27. The smallest absolute Gasteiger partial charge is 0.326 e. The molecule has 190 valence electrons. The zero-order valence-corrected chi connectivity index (χ0v) is 21.3. The van der Waals surface area contributed by atoms with E-state index < -0.39 is 9.84 Å². The quantitative estimate of drug-likeness (QED) is 0.377. The van der Waals surface area contributed by atoms with Gasteiger partial charge in [0.05, 0.1) is 10.6 Å². The summed E-state index contributed by atoms with van der Waals surface area (Å²) in [5.41, 5.74) is 3.43. The molecule has 5 rings (SSSR count). The Balaban J connectivity index is 1.17. The summed E-state index contributed by atoms with van der Waals surface area (Å²) in [6.45, 7) is 2.71. The number of carbonyl (C=O) groups excluding carboxylic acids is 1. The van der Waals surface area contributed by atoms with Gasteiger partial charge in [-0.05, 0) is 42.0 Å². The lowest BCUT2D eigenvalue weighted by Crippen LogP contribution is -2.51. The predicted molar refractivity (Wildman–Crippen MR) is 142 cm³/mol. The minimum absolute atomic E-state index is 0.221. The predicted octanol–water partition coefficient (Wildman–Crippen LogP) is 4.23. The molecule has 1 amide bonds. The second-order valence-electron chi connectivity index (χ2n) is 9.16. The van der Waals surface area contributed by atoms with Crippen molar-refractivity contribution < 1.29 is 17.9 Å². The first-order valence-electron chi connectivity index (χ1n) is 12.0. The molecule has 8 nitrogen and oxygen atoms in total. The maximum Gasteiger partial charge on any atom is 0.326 e. The molecule has 1 saturated heterocycles. The van der Waals surface area contributed by atoms with Gasteiger partial charge in [0.25, 0.3) is 0 Å². The van der Waals surface area contributed by atoms with Crippen molar-refractivity contribution in [3.8, 4) is 17.0 Å². The first-order valence-corrected chi connectivity index (χ1v) is 13.9. The number of nitrogens with zero attached hydrogens (tertiary/aromatic N) is 3. The van der Waals surface area contributed by atoms with E-state index in [1.807, 2.05) is 42.5 Å². The molecule has 1 N–H and O–H groups in total. The molecule has 1 aliphatic rings. The molecular formula is C28H28N4O4S. The molecule has 0 spiro atoms. The standard InChI is InChI=1S/C28H28N4O4S/c1-37(34,35)24-13-11-21(12-14-24)19-36-27-10-6-5-9-25(27)26-18-32(20-30-26)28(33)29-15-22-16-31(17-22)23-7-3-2-4-8-23/h2-14,18,20,22H,15-17,19H2,1H3,(H,29,33). The van der Waals surface area contributed by atoms with Crippen molar-refractivity contribution in [2.45, 2.75) is 11.5 Å². The molecule has 2 heterocycles. The molecule has 37 heavy (non-hydrogen) atoms. The number of benzene rings is 3. The van der Waals surface area contributed by atoms with Crippen LogP contribution in [0.1, 0.15) is 5.56 Å². The topological polar surface area (TPSA) is 93.5 Å². The van der Waals surface area contributed by atoms with Gasteiger partial charge in [0, 0.05) is 49.3 Å². The third-order valence-corrected chi connectivity index (χ3v) is 7.47. The van der Waals surface area contributed by atoms with Gasteiger partial charge in [-0.3, -0.25) is 4.57 Å². The van der Waals surface area contributed by atoms with E-state index in [-0.39, 0.29) is 17.5 Å². The van der Waals surface area contributed by atoms with Crippen LogP contribution in [0.2, 0.25) is 0 Å². The van der Waals surface area contributed by atoms with Crippen LogP contribution in [-0.4, -0.2) is 49.9 Å². The molecule has 0 atom stereocenters. The number of hydrogen-bond donors (Lipinski definition) is 1. The summed E-state index contributed by atoms with van der Waals surface area (Å²) < 4.78 is 30.8. The lowest BCUT2D eigenvalue weighted by atomic mass is 9.99. The molecule has 3 aromatic carbocycles. The number of nitrogens with one attached hydrogen (secondary N) is 1. The van der Waals surface area contributed by atoms with Crippen molar-refractivity contribution in [2.75, 3.05) is 30.8 Å². The highest BCUT2D eigenvalue weighted by atomic mass is 32.2. The second-order valence-corrected chi connectivity index (χ2v) is 11.2. The van der Waals surface area contributed by atoms with Gasteiger partial charge in [-0.2, -0.15) is 0 Å². The maximum atomic E-state index is 12.7. The van der Waals surface area contributed by atoms with Gasteiger partial charge in [-0.1, -0.05) is 42.5 Å². The van der Waals surface area contributed by atoms with E-state index in [0.717, 1.165) is 24.2 Å². The average Bonchev–Trinajstić information content (AvgIpc) is 3.37. The number of sulfone groups is 1. The van der Waals surface area contributed by atoms with E-state index >= 15 is 0 Å². The number of para-hydroxylation sites is 2. The number of aromatic nitrogens is 2. The van der Waals surface area contributed by atoms with E-state index in [1.165, 1.54) is 22.8 Å². The number of anilines is 1. The normalized spacial score (nSPS) is 13.7. The molecule has 1 fully saturated rings. The van der Waals surface area contributed by atoms with Gasteiger partial charge in [0.15, 0.2) is 9.84 Å². The summed E-state index contributed by atoms with van der Waals surface area (Å²) in [5.74, 6) is 1.03. The summed E-state index contributed by atoms with van der Waals surface area (Å²) in [5, 5.41) is 3.00. The molecule has 0 unspecified atom stereocenters. The Morgan fingerprint density at radius 1 is 1.00 bits per heavy atom. The zero-order chi connectivity index (χ0) is 25.8. The summed E-state index contributed by atoms with van der Waals surface area (Å²) in [6.07, 6.45) is 4.37. The zero-order valence-electron chi connectivity index (χ0n) is 20.4. The van der Waals surface area contributed by atoms with E-state index in [4.69, 9.17) is 4.74 Å². The monoisotopic (exact) mass is 516 g/mol. The Bertz CT molecular complexity index is 1480. The lowest BCUT2D eigenvalue weighted by molar-refractivity contribution is 0.238. The number of carbonyl (C=O) groups is 1. The van der Waals surface area contributed by atoms with E-state index in [2.05, 4.69) is 27.3 Å². The van der Waals surface area contributed by atoms with Gasteiger partial charge in [0.2, 0.25) is 0 Å². The van der Waals surface area contributed by atoms with Gasteiger partial charge in [-0.15, -0.1) is 0 Å². The molecule has 0 saturated carbocycles. The van der Waals surface area contributed by atoms with Crippen molar-refractivity contribution in [1.82, 2.24) is 14.9 Å². The third kappa shape index (κ3) is 5.83. The molecule has 0 radical (unpaired) electrons. The number of imidazole rings is 1. The minimum atomic E-state index is -3.24. The summed E-state index contributed by atoms with van der Waals surface area (Å²) >= 11 is 0. The molecule has 0 aliphatic carbocycles. The van der Waals surface area contributed by atoms with E-state index in [1.54, 1.807) is 30.5 Å². The molecule has 0 bridgehead atoms. The summed E-state index contributed by atoms with van der Waals surface area (Å²) in [4.78, 5) is 19.7. The Morgan fingerprint density at radius 2 is 1.70 bits per heavy atom. The first-order chi connectivity index (χ1) is 17.9.